The second kappa shape index (κ2) is 10.5. The minimum absolute atomic E-state index is 0.0503. The molecular weight excluding hydrogens is 400 g/mol. The molecule has 1 saturated heterocycles. The first-order chi connectivity index (χ1) is 14.5. The first-order valence-electron chi connectivity index (χ1n) is 10.4. The van der Waals surface area contributed by atoms with Crippen molar-refractivity contribution in [2.45, 2.75) is 64.0 Å². The van der Waals surface area contributed by atoms with Crippen LogP contribution in [0.3, 0.4) is 0 Å². The fourth-order valence-electron chi connectivity index (χ4n) is 3.72. The topological polar surface area (TPSA) is 90.7 Å². The highest BCUT2D eigenvalue weighted by Gasteiger charge is 2.31. The first kappa shape index (κ1) is 22.2. The van der Waals surface area contributed by atoms with Gasteiger partial charge in [-0.15, -0.1) is 11.3 Å². The van der Waals surface area contributed by atoms with E-state index in [-0.39, 0.29) is 17.6 Å². The van der Waals surface area contributed by atoms with Crippen molar-refractivity contribution < 1.29 is 19.8 Å². The van der Waals surface area contributed by atoms with E-state index in [1.54, 1.807) is 0 Å². The first-order valence-corrected chi connectivity index (χ1v) is 11.3. The van der Waals surface area contributed by atoms with Crippen LogP contribution in [-0.4, -0.2) is 33.1 Å². The second-order valence-electron chi connectivity index (χ2n) is 7.57. The van der Waals surface area contributed by atoms with Crippen molar-refractivity contribution in [3.8, 4) is 0 Å². The lowest BCUT2D eigenvalue weighted by molar-refractivity contribution is -0.117. The van der Waals surface area contributed by atoms with Crippen molar-refractivity contribution in [2.24, 2.45) is 0 Å². The SMILES string of the molecule is CCCCCC(O)c1ccc(N2C(=O)CC[C@@H]2C/C=C\c2nc(C(=O)O)cs2)cc1. The van der Waals surface area contributed by atoms with Crippen LogP contribution in [0.2, 0.25) is 0 Å². The maximum absolute atomic E-state index is 12.5. The molecule has 3 rings (SSSR count). The number of carbonyl (C=O) groups excluding carboxylic acids is 1. The Morgan fingerprint density at radius 1 is 1.33 bits per heavy atom. The summed E-state index contributed by atoms with van der Waals surface area (Å²) in [6, 6.07) is 7.71. The number of rotatable bonds is 10. The summed E-state index contributed by atoms with van der Waals surface area (Å²) < 4.78 is 0. The van der Waals surface area contributed by atoms with Gasteiger partial charge in [0.1, 0.15) is 5.01 Å². The van der Waals surface area contributed by atoms with Crippen LogP contribution in [0.15, 0.2) is 35.7 Å². The minimum atomic E-state index is -1.03. The number of aromatic nitrogens is 1. The normalized spacial score (nSPS) is 17.7. The van der Waals surface area contributed by atoms with Crippen LogP contribution >= 0.6 is 11.3 Å². The molecule has 7 heteroatoms. The fraction of sp³-hybridized carbons (Fsp3) is 0.435. The molecule has 1 aromatic carbocycles. The van der Waals surface area contributed by atoms with Crippen molar-refractivity contribution >= 4 is 35.0 Å². The monoisotopic (exact) mass is 428 g/mol. The van der Waals surface area contributed by atoms with E-state index in [2.05, 4.69) is 11.9 Å². The molecule has 6 nitrogen and oxygen atoms in total. The van der Waals surface area contributed by atoms with E-state index in [1.165, 1.54) is 16.7 Å². The third-order valence-electron chi connectivity index (χ3n) is 5.37. The number of carbonyl (C=O) groups is 2. The molecule has 1 unspecified atom stereocenters. The van der Waals surface area contributed by atoms with E-state index in [4.69, 9.17) is 5.11 Å². The Morgan fingerprint density at radius 2 is 2.10 bits per heavy atom. The summed E-state index contributed by atoms with van der Waals surface area (Å²) >= 11 is 1.29. The number of benzene rings is 1. The van der Waals surface area contributed by atoms with Gasteiger partial charge in [0.25, 0.3) is 0 Å². The lowest BCUT2D eigenvalue weighted by Gasteiger charge is -2.24. The van der Waals surface area contributed by atoms with Crippen LogP contribution in [0.5, 0.6) is 0 Å². The number of carboxylic acid groups (broad SMARTS) is 1. The van der Waals surface area contributed by atoms with E-state index >= 15 is 0 Å². The molecule has 0 aliphatic carbocycles. The zero-order valence-corrected chi connectivity index (χ0v) is 18.0. The number of thiazole rings is 1. The van der Waals surface area contributed by atoms with Gasteiger partial charge in [-0.05, 0) is 43.0 Å². The predicted octanol–water partition coefficient (Wildman–Crippen LogP) is 5.05. The Kier molecular flexibility index (Phi) is 7.76. The summed E-state index contributed by atoms with van der Waals surface area (Å²) in [7, 11) is 0. The van der Waals surface area contributed by atoms with Crippen LogP contribution in [0.25, 0.3) is 6.08 Å². The third-order valence-corrected chi connectivity index (χ3v) is 6.18. The minimum Gasteiger partial charge on any atom is -0.476 e. The summed E-state index contributed by atoms with van der Waals surface area (Å²) in [5.41, 5.74) is 1.79. The van der Waals surface area contributed by atoms with Crippen LogP contribution in [0.4, 0.5) is 5.69 Å². The molecule has 2 N–H and O–H groups in total. The summed E-state index contributed by atoms with van der Waals surface area (Å²) in [5, 5.41) is 21.5. The van der Waals surface area contributed by atoms with E-state index in [1.807, 2.05) is 41.3 Å². The quantitative estimate of drug-likeness (QED) is 0.517. The predicted molar refractivity (Wildman–Crippen MR) is 119 cm³/mol. The largest absolute Gasteiger partial charge is 0.476 e. The van der Waals surface area contributed by atoms with Gasteiger partial charge in [-0.2, -0.15) is 0 Å². The highest BCUT2D eigenvalue weighted by Crippen LogP contribution is 2.30. The number of carboxylic acids is 1. The van der Waals surface area contributed by atoms with Gasteiger partial charge < -0.3 is 15.1 Å². The average Bonchev–Trinajstić information content (AvgIpc) is 3.35. The number of hydrogen-bond donors (Lipinski definition) is 2. The Morgan fingerprint density at radius 3 is 2.77 bits per heavy atom. The number of amides is 1. The Bertz CT molecular complexity index is 891. The number of anilines is 1. The molecule has 160 valence electrons. The van der Waals surface area contributed by atoms with E-state index in [9.17, 15) is 14.7 Å². The molecule has 30 heavy (non-hydrogen) atoms. The van der Waals surface area contributed by atoms with Crippen molar-refractivity contribution in [3.05, 3.63) is 52.0 Å². The molecule has 0 saturated carbocycles. The summed E-state index contributed by atoms with van der Waals surface area (Å²) in [4.78, 5) is 29.3. The third kappa shape index (κ3) is 5.55. The zero-order chi connectivity index (χ0) is 21.5. The van der Waals surface area contributed by atoms with Gasteiger partial charge in [0.15, 0.2) is 5.69 Å². The molecule has 0 spiro atoms. The molecular formula is C23H28N2O4S. The van der Waals surface area contributed by atoms with Gasteiger partial charge in [0, 0.05) is 23.5 Å². The van der Waals surface area contributed by atoms with Crippen LogP contribution in [0, 0.1) is 0 Å². The zero-order valence-electron chi connectivity index (χ0n) is 17.2. The van der Waals surface area contributed by atoms with Crippen LogP contribution in [0.1, 0.15) is 79.0 Å². The molecule has 1 aliphatic heterocycles. The van der Waals surface area contributed by atoms with Gasteiger partial charge in [-0.3, -0.25) is 4.79 Å². The Labute approximate surface area is 180 Å². The number of unbranched alkanes of at least 4 members (excludes halogenated alkanes) is 2. The van der Waals surface area contributed by atoms with Gasteiger partial charge in [-0.1, -0.05) is 44.4 Å². The van der Waals surface area contributed by atoms with Gasteiger partial charge in [0.2, 0.25) is 5.91 Å². The number of aliphatic hydroxyl groups excluding tert-OH is 1. The van der Waals surface area contributed by atoms with Gasteiger partial charge in [-0.25, -0.2) is 9.78 Å². The Hall–Kier alpha value is -2.51. The average molecular weight is 429 g/mol. The fourth-order valence-corrected chi connectivity index (χ4v) is 4.43. The molecule has 2 heterocycles. The van der Waals surface area contributed by atoms with Crippen molar-refractivity contribution in [1.29, 1.82) is 0 Å². The maximum Gasteiger partial charge on any atom is 0.355 e. The molecule has 1 aromatic heterocycles. The molecule has 0 bridgehead atoms. The maximum atomic E-state index is 12.5. The highest BCUT2D eigenvalue weighted by atomic mass is 32.1. The lowest BCUT2D eigenvalue weighted by Crippen LogP contribution is -2.32. The molecule has 1 aliphatic rings. The summed E-state index contributed by atoms with van der Waals surface area (Å²) in [6.45, 7) is 2.14. The van der Waals surface area contributed by atoms with Crippen LogP contribution in [-0.2, 0) is 4.79 Å². The molecule has 1 amide bonds. The second-order valence-corrected chi connectivity index (χ2v) is 8.46. The highest BCUT2D eigenvalue weighted by molar-refractivity contribution is 7.10. The molecule has 2 atom stereocenters. The number of hydrogen-bond acceptors (Lipinski definition) is 5. The Balaban J connectivity index is 1.62. The number of aliphatic hydroxyl groups is 1. The summed E-state index contributed by atoms with van der Waals surface area (Å²) in [5.74, 6) is -0.926. The van der Waals surface area contributed by atoms with Crippen LogP contribution < -0.4 is 4.90 Å². The van der Waals surface area contributed by atoms with E-state index < -0.39 is 12.1 Å². The standard InChI is InChI=1S/C23H28N2O4S/c1-2-3-4-7-20(26)16-9-11-18(12-10-16)25-17(13-14-22(25)27)6-5-8-21-24-19(15-30-21)23(28)29/h5,8-12,15,17,20,26H,2-4,6-7,13-14H2,1H3,(H,28,29)/b8-5-/t17-,20?/m0/s1. The summed E-state index contributed by atoms with van der Waals surface area (Å²) in [6.07, 6.45) is 9.27. The smallest absolute Gasteiger partial charge is 0.355 e. The number of aromatic carboxylic acids is 1. The van der Waals surface area contributed by atoms with Gasteiger partial charge in [0.05, 0.1) is 6.10 Å². The van der Waals surface area contributed by atoms with Crippen molar-refractivity contribution in [1.82, 2.24) is 4.98 Å². The van der Waals surface area contributed by atoms with E-state index in [0.29, 0.717) is 17.8 Å². The van der Waals surface area contributed by atoms with Gasteiger partial charge >= 0.3 is 5.97 Å². The number of nitrogens with zero attached hydrogens (tertiary/aromatic N) is 2. The lowest BCUT2D eigenvalue weighted by atomic mass is 10.0. The van der Waals surface area contributed by atoms with E-state index in [0.717, 1.165) is 43.4 Å². The molecule has 0 radical (unpaired) electrons. The molecule has 2 aromatic rings. The van der Waals surface area contributed by atoms with Crippen molar-refractivity contribution in [2.75, 3.05) is 4.90 Å². The van der Waals surface area contributed by atoms with Crippen molar-refractivity contribution in [3.63, 3.8) is 0 Å². The molecule has 1 fully saturated rings.